The fourth-order valence-electron chi connectivity index (χ4n) is 4.34. The van der Waals surface area contributed by atoms with Crippen LogP contribution in [0.5, 0.6) is 5.75 Å². The summed E-state index contributed by atoms with van der Waals surface area (Å²) in [5.74, 6) is 1.52. The van der Waals surface area contributed by atoms with Crippen LogP contribution in [0.25, 0.3) is 0 Å². The Bertz CT molecular complexity index is 625. The van der Waals surface area contributed by atoms with Gasteiger partial charge in [0.05, 0.1) is 12.0 Å². The predicted molar refractivity (Wildman–Crippen MR) is 110 cm³/mol. The number of carbonyl (C=O) groups excluding carboxylic acids is 1. The SMILES string of the molecule is CCOCCOc1cc(C)ccc1CNC(=O)[C@@]12CCCC[C@H]1CNC2.Cl. The Kier molecular flexibility index (Phi) is 8.39. The van der Waals surface area contributed by atoms with E-state index in [9.17, 15) is 4.79 Å². The van der Waals surface area contributed by atoms with Crippen molar-refractivity contribution in [3.05, 3.63) is 29.3 Å². The number of rotatable bonds is 8. The van der Waals surface area contributed by atoms with Crippen LogP contribution in [-0.2, 0) is 16.1 Å². The molecular weight excluding hydrogens is 364 g/mol. The number of benzene rings is 1. The summed E-state index contributed by atoms with van der Waals surface area (Å²) in [5, 5.41) is 6.65. The molecule has 2 N–H and O–H groups in total. The fraction of sp³-hybridized carbons (Fsp3) is 0.667. The second-order valence-electron chi connectivity index (χ2n) is 7.57. The molecule has 2 aliphatic rings. The van der Waals surface area contributed by atoms with E-state index >= 15 is 0 Å². The number of halogens is 1. The molecule has 0 bridgehead atoms. The van der Waals surface area contributed by atoms with Crippen molar-refractivity contribution in [3.8, 4) is 5.75 Å². The van der Waals surface area contributed by atoms with Gasteiger partial charge in [0.25, 0.3) is 0 Å². The van der Waals surface area contributed by atoms with Crippen molar-refractivity contribution >= 4 is 18.3 Å². The van der Waals surface area contributed by atoms with E-state index in [1.807, 2.05) is 19.9 Å². The lowest BCUT2D eigenvalue weighted by Crippen LogP contribution is -2.47. The van der Waals surface area contributed by atoms with E-state index in [4.69, 9.17) is 9.47 Å². The van der Waals surface area contributed by atoms with Gasteiger partial charge >= 0.3 is 0 Å². The Hall–Kier alpha value is -1.30. The quantitative estimate of drug-likeness (QED) is 0.662. The van der Waals surface area contributed by atoms with E-state index in [-0.39, 0.29) is 23.7 Å². The van der Waals surface area contributed by atoms with Gasteiger partial charge in [0.15, 0.2) is 0 Å². The topological polar surface area (TPSA) is 59.6 Å². The summed E-state index contributed by atoms with van der Waals surface area (Å²) in [6.45, 7) is 8.12. The number of hydrogen-bond donors (Lipinski definition) is 2. The van der Waals surface area contributed by atoms with Gasteiger partial charge in [0.1, 0.15) is 12.4 Å². The van der Waals surface area contributed by atoms with E-state index < -0.39 is 0 Å². The lowest BCUT2D eigenvalue weighted by molar-refractivity contribution is -0.134. The van der Waals surface area contributed by atoms with E-state index in [1.54, 1.807) is 0 Å². The van der Waals surface area contributed by atoms with Crippen LogP contribution < -0.4 is 15.4 Å². The minimum atomic E-state index is -0.209. The summed E-state index contributed by atoms with van der Waals surface area (Å²) in [6.07, 6.45) is 4.57. The number of ether oxygens (including phenoxy) is 2. The van der Waals surface area contributed by atoms with Gasteiger partial charge in [-0.1, -0.05) is 25.0 Å². The summed E-state index contributed by atoms with van der Waals surface area (Å²) < 4.78 is 11.2. The Labute approximate surface area is 169 Å². The van der Waals surface area contributed by atoms with Crippen molar-refractivity contribution in [2.45, 2.75) is 46.1 Å². The molecule has 0 spiro atoms. The molecule has 1 heterocycles. The Morgan fingerprint density at radius 2 is 2.19 bits per heavy atom. The molecule has 1 aliphatic carbocycles. The summed E-state index contributed by atoms with van der Waals surface area (Å²) in [4.78, 5) is 13.0. The highest BCUT2D eigenvalue weighted by atomic mass is 35.5. The molecule has 1 saturated heterocycles. The minimum absolute atomic E-state index is 0. The van der Waals surface area contributed by atoms with Crippen molar-refractivity contribution in [3.63, 3.8) is 0 Å². The summed E-state index contributed by atoms with van der Waals surface area (Å²) in [6, 6.07) is 6.15. The maximum Gasteiger partial charge on any atom is 0.228 e. The van der Waals surface area contributed by atoms with Crippen molar-refractivity contribution in [2.75, 3.05) is 32.9 Å². The standard InChI is InChI=1S/C21H32N2O3.ClH/c1-3-25-10-11-26-19-12-16(2)7-8-17(19)13-23-20(24)21-9-5-4-6-18(21)14-22-15-21;/h7-8,12,18,22H,3-6,9-11,13-15H2,1-2H3,(H,23,24);1H/t18-,21+;/m0./s1. The minimum Gasteiger partial charge on any atom is -0.491 e. The third-order valence-corrected chi connectivity index (χ3v) is 5.84. The zero-order valence-corrected chi connectivity index (χ0v) is 17.3. The van der Waals surface area contributed by atoms with Gasteiger partial charge in [-0.3, -0.25) is 4.79 Å². The van der Waals surface area contributed by atoms with Crippen LogP contribution >= 0.6 is 12.4 Å². The Balaban J connectivity index is 0.00000261. The molecule has 1 aromatic rings. The first-order chi connectivity index (χ1) is 12.7. The van der Waals surface area contributed by atoms with Gasteiger partial charge in [-0.15, -0.1) is 12.4 Å². The molecule has 0 unspecified atom stereocenters. The molecule has 1 saturated carbocycles. The van der Waals surface area contributed by atoms with Gasteiger partial charge in [0.2, 0.25) is 5.91 Å². The summed E-state index contributed by atoms with van der Waals surface area (Å²) in [5.41, 5.74) is 1.96. The van der Waals surface area contributed by atoms with Crippen molar-refractivity contribution in [1.82, 2.24) is 10.6 Å². The molecule has 1 aliphatic heterocycles. The Morgan fingerprint density at radius 1 is 1.33 bits per heavy atom. The van der Waals surface area contributed by atoms with Gasteiger partial charge in [0, 0.05) is 25.3 Å². The Morgan fingerprint density at radius 3 is 3.00 bits per heavy atom. The monoisotopic (exact) mass is 396 g/mol. The van der Waals surface area contributed by atoms with Gasteiger partial charge < -0.3 is 20.1 Å². The first-order valence-electron chi connectivity index (χ1n) is 9.95. The lowest BCUT2D eigenvalue weighted by Gasteiger charge is -2.37. The van der Waals surface area contributed by atoms with Gasteiger partial charge in [-0.25, -0.2) is 0 Å². The lowest BCUT2D eigenvalue weighted by atomic mass is 9.67. The molecule has 6 heteroatoms. The van der Waals surface area contributed by atoms with Crippen molar-refractivity contribution in [1.29, 1.82) is 0 Å². The maximum absolute atomic E-state index is 13.0. The molecule has 1 amide bonds. The zero-order valence-electron chi connectivity index (χ0n) is 16.5. The molecule has 1 aromatic carbocycles. The van der Waals surface area contributed by atoms with Crippen molar-refractivity contribution in [2.24, 2.45) is 11.3 Å². The van der Waals surface area contributed by atoms with Crippen LogP contribution in [0.4, 0.5) is 0 Å². The maximum atomic E-state index is 13.0. The van der Waals surface area contributed by atoms with E-state index in [0.717, 1.165) is 49.2 Å². The number of amides is 1. The van der Waals surface area contributed by atoms with Crippen LogP contribution in [0.2, 0.25) is 0 Å². The number of nitrogens with one attached hydrogen (secondary N) is 2. The molecule has 5 nitrogen and oxygen atoms in total. The largest absolute Gasteiger partial charge is 0.491 e. The summed E-state index contributed by atoms with van der Waals surface area (Å²) >= 11 is 0. The fourth-order valence-corrected chi connectivity index (χ4v) is 4.34. The van der Waals surface area contributed by atoms with E-state index in [1.165, 1.54) is 6.42 Å². The van der Waals surface area contributed by atoms with Crippen LogP contribution in [0, 0.1) is 18.3 Å². The third-order valence-electron chi connectivity index (χ3n) is 5.84. The van der Waals surface area contributed by atoms with Crippen LogP contribution in [0.1, 0.15) is 43.7 Å². The van der Waals surface area contributed by atoms with Crippen LogP contribution in [0.3, 0.4) is 0 Å². The first kappa shape index (κ1) is 22.0. The normalized spacial score (nSPS) is 24.0. The van der Waals surface area contributed by atoms with Crippen LogP contribution in [-0.4, -0.2) is 38.8 Å². The smallest absolute Gasteiger partial charge is 0.228 e. The number of carbonyl (C=O) groups is 1. The zero-order chi connectivity index (χ0) is 18.4. The second kappa shape index (κ2) is 10.3. The number of hydrogen-bond acceptors (Lipinski definition) is 4. The van der Waals surface area contributed by atoms with E-state index in [0.29, 0.717) is 32.3 Å². The molecule has 2 atom stereocenters. The van der Waals surface area contributed by atoms with Crippen molar-refractivity contribution < 1.29 is 14.3 Å². The highest BCUT2D eigenvalue weighted by Crippen LogP contribution is 2.44. The van der Waals surface area contributed by atoms with Gasteiger partial charge in [-0.2, -0.15) is 0 Å². The van der Waals surface area contributed by atoms with Gasteiger partial charge in [-0.05, 0) is 50.8 Å². The molecule has 0 radical (unpaired) electrons. The molecule has 0 aromatic heterocycles. The highest BCUT2D eigenvalue weighted by Gasteiger charge is 2.49. The highest BCUT2D eigenvalue weighted by molar-refractivity contribution is 5.85. The molecule has 152 valence electrons. The van der Waals surface area contributed by atoms with Crippen LogP contribution in [0.15, 0.2) is 18.2 Å². The van der Waals surface area contributed by atoms with E-state index in [2.05, 4.69) is 22.8 Å². The molecule has 3 rings (SSSR count). The number of aryl methyl sites for hydroxylation is 1. The molecular formula is C21H33ClN2O3. The third kappa shape index (κ3) is 5.15. The molecule has 2 fully saturated rings. The average Bonchev–Trinajstić information content (AvgIpc) is 3.09. The predicted octanol–water partition coefficient (Wildman–Crippen LogP) is 3.23. The second-order valence-corrected chi connectivity index (χ2v) is 7.57. The first-order valence-corrected chi connectivity index (χ1v) is 9.95. The molecule has 27 heavy (non-hydrogen) atoms. The average molecular weight is 397 g/mol. The number of fused-ring (bicyclic) bond motifs is 1. The summed E-state index contributed by atoms with van der Waals surface area (Å²) in [7, 11) is 0.